The number of hydrogen-bond donors (Lipinski definition) is 0. The molecular formula is C13H10F6O5S. The molecule has 0 spiro atoms. The minimum atomic E-state index is -6.14. The molecule has 5 nitrogen and oxygen atoms in total. The summed E-state index contributed by atoms with van der Waals surface area (Å²) in [6.07, 6.45) is -4.43. The van der Waals surface area contributed by atoms with Crippen LogP contribution in [0.3, 0.4) is 0 Å². The van der Waals surface area contributed by atoms with Crippen molar-refractivity contribution in [2.45, 2.75) is 18.6 Å². The fourth-order valence-corrected chi connectivity index (χ4v) is 1.91. The number of benzene rings is 1. The van der Waals surface area contributed by atoms with Crippen LogP contribution < -0.4 is 0 Å². The van der Waals surface area contributed by atoms with Gasteiger partial charge in [0.05, 0.1) is 18.2 Å². The van der Waals surface area contributed by atoms with Gasteiger partial charge >= 0.3 is 27.8 Å². The summed E-state index contributed by atoms with van der Waals surface area (Å²) >= 11 is 0. The van der Waals surface area contributed by atoms with Gasteiger partial charge in [-0.15, -0.1) is 0 Å². The molecule has 0 unspecified atom stereocenters. The van der Waals surface area contributed by atoms with E-state index in [4.69, 9.17) is 0 Å². The Balaban J connectivity index is 3.31. The molecule has 0 radical (unpaired) electrons. The van der Waals surface area contributed by atoms with Crippen LogP contribution in [0.5, 0.6) is 0 Å². The Kier molecular flexibility index (Phi) is 6.10. The van der Waals surface area contributed by atoms with Crippen molar-refractivity contribution in [3.63, 3.8) is 0 Å². The fraction of sp³-hybridized carbons (Fsp3) is 0.308. The van der Waals surface area contributed by atoms with Gasteiger partial charge in [0.1, 0.15) is 0 Å². The number of esters is 1. The lowest BCUT2D eigenvalue weighted by Crippen LogP contribution is -2.25. The van der Waals surface area contributed by atoms with Crippen molar-refractivity contribution in [2.75, 3.05) is 6.61 Å². The maximum absolute atomic E-state index is 12.5. The minimum absolute atomic E-state index is 0.179. The molecule has 0 atom stereocenters. The molecule has 0 bridgehead atoms. The van der Waals surface area contributed by atoms with Crippen molar-refractivity contribution in [2.24, 2.45) is 0 Å². The summed E-state index contributed by atoms with van der Waals surface area (Å²) in [4.78, 5) is 11.4. The molecule has 0 saturated carbocycles. The van der Waals surface area contributed by atoms with E-state index in [1.807, 2.05) is 0 Å². The molecule has 0 aliphatic heterocycles. The second-order valence-electron chi connectivity index (χ2n) is 4.32. The molecule has 0 aliphatic carbocycles. The average Bonchev–Trinajstić information content (AvgIpc) is 2.44. The Morgan fingerprint density at radius 2 is 1.60 bits per heavy atom. The van der Waals surface area contributed by atoms with Gasteiger partial charge in [-0.2, -0.15) is 34.8 Å². The molecular weight excluding hydrogens is 382 g/mol. The minimum Gasteiger partial charge on any atom is -0.463 e. The van der Waals surface area contributed by atoms with Crippen LogP contribution >= 0.6 is 0 Å². The monoisotopic (exact) mass is 392 g/mol. The van der Waals surface area contributed by atoms with Crippen molar-refractivity contribution >= 4 is 21.8 Å². The molecule has 0 amide bonds. The normalized spacial score (nSPS) is 13.5. The number of rotatable bonds is 5. The molecule has 0 aliphatic rings. The second kappa shape index (κ2) is 7.33. The average molecular weight is 392 g/mol. The van der Waals surface area contributed by atoms with E-state index in [1.54, 1.807) is 0 Å². The van der Waals surface area contributed by atoms with E-state index in [9.17, 15) is 39.6 Å². The van der Waals surface area contributed by atoms with E-state index in [0.29, 0.717) is 24.3 Å². The first-order chi connectivity index (χ1) is 11.3. The third-order valence-corrected chi connectivity index (χ3v) is 3.48. The zero-order chi connectivity index (χ0) is 19.5. The number of hydrogen-bond acceptors (Lipinski definition) is 5. The summed E-state index contributed by atoms with van der Waals surface area (Å²) in [5.74, 6) is -2.38. The largest absolute Gasteiger partial charge is 0.534 e. The standard InChI is InChI=1S/C13H10F6O5S/c1-2-23-11(20)7-10(24-25(21,22)13(17,18)19)8-3-5-9(6-4-8)12(14,15)16/h3-7H,2H2,1H3/b10-7-. The molecule has 0 fully saturated rings. The van der Waals surface area contributed by atoms with Crippen molar-refractivity contribution in [1.82, 2.24) is 0 Å². The maximum atomic E-state index is 12.5. The molecule has 0 N–H and O–H groups in total. The molecule has 140 valence electrons. The predicted molar refractivity (Wildman–Crippen MR) is 72.1 cm³/mol. The van der Waals surface area contributed by atoms with Gasteiger partial charge in [-0.3, -0.25) is 0 Å². The number of carbonyl (C=O) groups is 1. The van der Waals surface area contributed by atoms with E-state index in [1.165, 1.54) is 6.92 Å². The summed E-state index contributed by atoms with van der Waals surface area (Å²) in [5, 5.41) is 0. The summed E-state index contributed by atoms with van der Waals surface area (Å²) in [7, 11) is -6.14. The van der Waals surface area contributed by atoms with Crippen molar-refractivity contribution in [1.29, 1.82) is 0 Å². The smallest absolute Gasteiger partial charge is 0.463 e. The van der Waals surface area contributed by atoms with E-state index in [-0.39, 0.29) is 12.7 Å². The Morgan fingerprint density at radius 1 is 1.08 bits per heavy atom. The lowest BCUT2D eigenvalue weighted by atomic mass is 10.1. The maximum Gasteiger partial charge on any atom is 0.534 e. The topological polar surface area (TPSA) is 69.7 Å². The van der Waals surface area contributed by atoms with Gasteiger partial charge in [0.25, 0.3) is 0 Å². The van der Waals surface area contributed by atoms with E-state index >= 15 is 0 Å². The van der Waals surface area contributed by atoms with Crippen LogP contribution in [0.15, 0.2) is 30.3 Å². The van der Waals surface area contributed by atoms with Crippen molar-refractivity contribution in [3.05, 3.63) is 41.5 Å². The molecule has 0 heterocycles. The van der Waals surface area contributed by atoms with Gasteiger partial charge in [0.15, 0.2) is 5.76 Å². The van der Waals surface area contributed by atoms with Crippen molar-refractivity contribution < 1.29 is 48.5 Å². The highest BCUT2D eigenvalue weighted by molar-refractivity contribution is 7.87. The fourth-order valence-electron chi connectivity index (χ4n) is 1.44. The van der Waals surface area contributed by atoms with Gasteiger partial charge in [0.2, 0.25) is 0 Å². The summed E-state index contributed by atoms with van der Waals surface area (Å²) in [6, 6.07) is 2.27. The first kappa shape index (κ1) is 20.8. The first-order valence-electron chi connectivity index (χ1n) is 6.34. The molecule has 0 saturated heterocycles. The molecule has 12 heteroatoms. The number of carbonyl (C=O) groups excluding carboxylic acids is 1. The van der Waals surface area contributed by atoms with Gasteiger partial charge in [-0.25, -0.2) is 4.79 Å². The van der Waals surface area contributed by atoms with Crippen LogP contribution in [-0.4, -0.2) is 26.5 Å². The predicted octanol–water partition coefficient (Wildman–Crippen LogP) is 3.48. The molecule has 25 heavy (non-hydrogen) atoms. The molecule has 1 aromatic rings. The molecule has 0 aromatic heterocycles. The highest BCUT2D eigenvalue weighted by Gasteiger charge is 2.49. The van der Waals surface area contributed by atoms with Crippen LogP contribution in [0.1, 0.15) is 18.1 Å². The quantitative estimate of drug-likeness (QED) is 0.192. The zero-order valence-electron chi connectivity index (χ0n) is 12.3. The first-order valence-corrected chi connectivity index (χ1v) is 7.75. The van der Waals surface area contributed by atoms with Crippen LogP contribution in [0.25, 0.3) is 5.76 Å². The van der Waals surface area contributed by atoms with Gasteiger partial charge < -0.3 is 8.92 Å². The van der Waals surface area contributed by atoms with Gasteiger partial charge in [-0.05, 0) is 19.1 Å². The summed E-state index contributed by atoms with van der Waals surface area (Å²) in [5.41, 5.74) is -7.44. The Morgan fingerprint density at radius 3 is 2.00 bits per heavy atom. The van der Waals surface area contributed by atoms with Crippen LogP contribution in [0.2, 0.25) is 0 Å². The Labute approximate surface area is 138 Å². The van der Waals surface area contributed by atoms with E-state index in [2.05, 4.69) is 8.92 Å². The van der Waals surface area contributed by atoms with Crippen LogP contribution in [0, 0.1) is 0 Å². The SMILES string of the molecule is CCOC(=O)/C=C(\OS(=O)(=O)C(F)(F)F)c1ccc(C(F)(F)F)cc1. The zero-order valence-corrected chi connectivity index (χ0v) is 13.1. The third kappa shape index (κ3) is 5.66. The highest BCUT2D eigenvalue weighted by Crippen LogP contribution is 2.32. The number of alkyl halides is 6. The molecule has 1 rings (SSSR count). The third-order valence-electron chi connectivity index (χ3n) is 2.52. The lowest BCUT2D eigenvalue weighted by molar-refractivity contribution is -0.138. The van der Waals surface area contributed by atoms with Crippen LogP contribution in [0.4, 0.5) is 26.3 Å². The number of ether oxygens (including phenoxy) is 1. The summed E-state index contributed by atoms with van der Waals surface area (Å²) in [6.45, 7) is 1.19. The number of halogens is 6. The highest BCUT2D eigenvalue weighted by atomic mass is 32.2. The lowest BCUT2D eigenvalue weighted by Gasteiger charge is -2.13. The van der Waals surface area contributed by atoms with Crippen molar-refractivity contribution in [3.8, 4) is 0 Å². The summed E-state index contributed by atoms with van der Waals surface area (Å²) < 4.78 is 105. The van der Waals surface area contributed by atoms with Gasteiger partial charge in [0, 0.05) is 5.56 Å². The molecule has 1 aromatic carbocycles. The van der Waals surface area contributed by atoms with Gasteiger partial charge in [-0.1, -0.05) is 12.1 Å². The van der Waals surface area contributed by atoms with E-state index in [0.717, 1.165) is 0 Å². The Bertz CT molecular complexity index is 747. The van der Waals surface area contributed by atoms with E-state index < -0.39 is 44.7 Å². The van der Waals surface area contributed by atoms with Crippen LogP contribution in [-0.2, 0) is 30.0 Å². The Hall–Kier alpha value is -2.24. The second-order valence-corrected chi connectivity index (χ2v) is 5.86.